The van der Waals surface area contributed by atoms with E-state index in [-0.39, 0.29) is 17.9 Å². The maximum atomic E-state index is 13.4. The van der Waals surface area contributed by atoms with Crippen LogP contribution in [-0.2, 0) is 17.6 Å². The Morgan fingerprint density at radius 2 is 1.72 bits per heavy atom. The second-order valence-corrected chi connectivity index (χ2v) is 9.83. The first kappa shape index (κ1) is 25.8. The van der Waals surface area contributed by atoms with Crippen LogP contribution >= 0.6 is 11.6 Å². The Morgan fingerprint density at radius 3 is 2.33 bits per heavy atom. The monoisotopic (exact) mass is 519 g/mol. The molecule has 1 fully saturated rings. The molecule has 0 saturated heterocycles. The number of aliphatic carboxylic acids is 1. The number of nitrogens with one attached hydrogen (secondary N) is 1. The number of rotatable bonds is 7. The van der Waals surface area contributed by atoms with E-state index in [0.29, 0.717) is 28.8 Å². The molecule has 1 unspecified atom stereocenters. The number of alkyl halides is 3. The van der Waals surface area contributed by atoms with Gasteiger partial charge in [-0.25, -0.2) is 4.79 Å². The van der Waals surface area contributed by atoms with Gasteiger partial charge >= 0.3 is 12.1 Å². The van der Waals surface area contributed by atoms with Crippen molar-refractivity contribution < 1.29 is 32.6 Å². The standard InChI is InChI=1S/C27H25ClF3NO4/c1-26(12-2-3-13-26)23(25(34)35)32-24(33)20-11-7-17-6-10-19(28)14-21(17)22(20)36-15-16-4-8-18(9-5-16)27(29,30)31/h4-11,14,23H,2-3,12-13,15H2,1H3,(H,32,33)(H,34,35). The number of halogens is 4. The average molecular weight is 520 g/mol. The second-order valence-electron chi connectivity index (χ2n) is 9.40. The van der Waals surface area contributed by atoms with Gasteiger partial charge in [-0.2, -0.15) is 13.2 Å². The molecule has 4 rings (SSSR count). The number of ether oxygens (including phenoxy) is 1. The molecule has 5 nitrogen and oxygen atoms in total. The summed E-state index contributed by atoms with van der Waals surface area (Å²) < 4.78 is 44.7. The molecular weight excluding hydrogens is 495 g/mol. The Bertz CT molecular complexity index is 1280. The van der Waals surface area contributed by atoms with Crippen LogP contribution in [0.2, 0.25) is 5.02 Å². The predicted molar refractivity (Wildman–Crippen MR) is 130 cm³/mol. The van der Waals surface area contributed by atoms with Gasteiger partial charge in [0.05, 0.1) is 11.1 Å². The first-order valence-electron chi connectivity index (χ1n) is 11.5. The van der Waals surface area contributed by atoms with Crippen LogP contribution in [-0.4, -0.2) is 23.0 Å². The number of hydrogen-bond donors (Lipinski definition) is 2. The van der Waals surface area contributed by atoms with Crippen LogP contribution in [0.15, 0.2) is 54.6 Å². The van der Waals surface area contributed by atoms with Crippen LogP contribution in [0, 0.1) is 5.41 Å². The third kappa shape index (κ3) is 5.43. The molecule has 3 aromatic carbocycles. The highest BCUT2D eigenvalue weighted by atomic mass is 35.5. The van der Waals surface area contributed by atoms with E-state index in [2.05, 4.69) is 5.32 Å². The zero-order valence-corrected chi connectivity index (χ0v) is 20.2. The van der Waals surface area contributed by atoms with Crippen molar-refractivity contribution in [3.63, 3.8) is 0 Å². The van der Waals surface area contributed by atoms with Crippen molar-refractivity contribution >= 4 is 34.2 Å². The Hall–Kier alpha value is -3.26. The summed E-state index contributed by atoms with van der Waals surface area (Å²) in [7, 11) is 0. The van der Waals surface area contributed by atoms with Crippen LogP contribution < -0.4 is 10.1 Å². The van der Waals surface area contributed by atoms with E-state index in [9.17, 15) is 27.9 Å². The van der Waals surface area contributed by atoms with Crippen molar-refractivity contribution in [2.75, 3.05) is 0 Å². The fourth-order valence-electron chi connectivity index (χ4n) is 4.76. The summed E-state index contributed by atoms with van der Waals surface area (Å²) >= 11 is 6.19. The number of amides is 1. The van der Waals surface area contributed by atoms with E-state index in [1.807, 2.05) is 6.92 Å². The summed E-state index contributed by atoms with van der Waals surface area (Å²) in [4.78, 5) is 25.4. The molecule has 0 spiro atoms. The lowest BCUT2D eigenvalue weighted by atomic mass is 9.80. The summed E-state index contributed by atoms with van der Waals surface area (Å²) in [6.45, 7) is 1.76. The largest absolute Gasteiger partial charge is 0.487 e. The van der Waals surface area contributed by atoms with E-state index in [1.54, 1.807) is 30.3 Å². The smallest absolute Gasteiger partial charge is 0.416 e. The van der Waals surface area contributed by atoms with Crippen LogP contribution in [0.25, 0.3) is 10.8 Å². The van der Waals surface area contributed by atoms with Gasteiger partial charge in [-0.05, 0) is 59.5 Å². The molecule has 1 aliphatic rings. The molecule has 190 valence electrons. The minimum absolute atomic E-state index is 0.107. The van der Waals surface area contributed by atoms with Gasteiger partial charge in [0.15, 0.2) is 0 Å². The predicted octanol–water partition coefficient (Wildman–Crippen LogP) is 6.85. The molecular formula is C27H25ClF3NO4. The zero-order chi connectivity index (χ0) is 26.1. The fraction of sp³-hybridized carbons (Fsp3) is 0.333. The minimum Gasteiger partial charge on any atom is -0.487 e. The lowest BCUT2D eigenvalue weighted by molar-refractivity contribution is -0.142. The van der Waals surface area contributed by atoms with Gasteiger partial charge < -0.3 is 15.2 Å². The Morgan fingerprint density at radius 1 is 1.08 bits per heavy atom. The maximum Gasteiger partial charge on any atom is 0.416 e. The Labute approximate surface area is 211 Å². The fourth-order valence-corrected chi connectivity index (χ4v) is 4.93. The van der Waals surface area contributed by atoms with Crippen LogP contribution in [0.1, 0.15) is 54.1 Å². The van der Waals surface area contributed by atoms with Crippen LogP contribution in [0.5, 0.6) is 5.75 Å². The van der Waals surface area contributed by atoms with Crippen molar-refractivity contribution in [1.29, 1.82) is 0 Å². The Kier molecular flexibility index (Phi) is 7.18. The number of benzene rings is 3. The number of hydrogen-bond acceptors (Lipinski definition) is 3. The quantitative estimate of drug-likeness (QED) is 0.358. The molecule has 0 aliphatic heterocycles. The van der Waals surface area contributed by atoms with Gasteiger partial charge in [-0.3, -0.25) is 4.79 Å². The van der Waals surface area contributed by atoms with Crippen molar-refractivity contribution in [1.82, 2.24) is 5.32 Å². The van der Waals surface area contributed by atoms with Crippen LogP contribution in [0.3, 0.4) is 0 Å². The molecule has 36 heavy (non-hydrogen) atoms. The number of carbonyl (C=O) groups is 2. The summed E-state index contributed by atoms with van der Waals surface area (Å²) in [5, 5.41) is 14.2. The number of carboxylic acid groups (broad SMARTS) is 1. The first-order valence-corrected chi connectivity index (χ1v) is 11.9. The molecule has 2 N–H and O–H groups in total. The molecule has 0 radical (unpaired) electrons. The number of carbonyl (C=O) groups excluding carboxylic acids is 1. The van der Waals surface area contributed by atoms with Gasteiger partial charge in [0.2, 0.25) is 0 Å². The third-order valence-corrected chi connectivity index (χ3v) is 7.04. The third-order valence-electron chi connectivity index (χ3n) is 6.81. The van der Waals surface area contributed by atoms with Gasteiger partial charge in [0, 0.05) is 10.4 Å². The molecule has 1 atom stereocenters. The summed E-state index contributed by atoms with van der Waals surface area (Å²) in [6.07, 6.45) is -1.28. The highest BCUT2D eigenvalue weighted by molar-refractivity contribution is 6.31. The zero-order valence-electron chi connectivity index (χ0n) is 19.5. The molecule has 9 heteroatoms. The van der Waals surface area contributed by atoms with Gasteiger partial charge in [-0.1, -0.05) is 55.6 Å². The molecule has 1 aliphatic carbocycles. The maximum absolute atomic E-state index is 13.4. The van der Waals surface area contributed by atoms with Crippen LogP contribution in [0.4, 0.5) is 13.2 Å². The SMILES string of the molecule is CC1(C(NC(=O)c2ccc3ccc(Cl)cc3c2OCc2ccc(C(F)(F)F)cc2)C(=O)O)CCCC1. The van der Waals surface area contributed by atoms with Gasteiger partial charge in [0.25, 0.3) is 5.91 Å². The highest BCUT2D eigenvalue weighted by Crippen LogP contribution is 2.41. The first-order chi connectivity index (χ1) is 17.0. The molecule has 0 bridgehead atoms. The minimum atomic E-state index is -4.45. The number of carboxylic acids is 1. The van der Waals surface area contributed by atoms with Crippen molar-refractivity contribution in [2.45, 2.75) is 51.4 Å². The lowest BCUT2D eigenvalue weighted by Gasteiger charge is -2.31. The van der Waals surface area contributed by atoms with Gasteiger partial charge in [0.1, 0.15) is 18.4 Å². The summed E-state index contributed by atoms with van der Waals surface area (Å²) in [5.74, 6) is -1.54. The highest BCUT2D eigenvalue weighted by Gasteiger charge is 2.42. The van der Waals surface area contributed by atoms with E-state index in [4.69, 9.17) is 16.3 Å². The van der Waals surface area contributed by atoms with E-state index in [1.165, 1.54) is 12.1 Å². The summed E-state index contributed by atoms with van der Waals surface area (Å²) in [5.41, 5.74) is -0.758. The molecule has 0 heterocycles. The Balaban J connectivity index is 1.66. The van der Waals surface area contributed by atoms with Crippen molar-refractivity contribution in [3.05, 3.63) is 76.3 Å². The molecule has 0 aromatic heterocycles. The summed E-state index contributed by atoms with van der Waals surface area (Å²) in [6, 6.07) is 11.8. The molecule has 3 aromatic rings. The second kappa shape index (κ2) is 10.0. The van der Waals surface area contributed by atoms with E-state index in [0.717, 1.165) is 30.4 Å². The van der Waals surface area contributed by atoms with E-state index >= 15 is 0 Å². The van der Waals surface area contributed by atoms with Crippen molar-refractivity contribution in [2.24, 2.45) is 5.41 Å². The molecule has 1 amide bonds. The van der Waals surface area contributed by atoms with E-state index < -0.39 is 35.1 Å². The average Bonchev–Trinajstić information content (AvgIpc) is 3.27. The number of fused-ring (bicyclic) bond motifs is 1. The lowest BCUT2D eigenvalue weighted by Crippen LogP contribution is -2.50. The van der Waals surface area contributed by atoms with Gasteiger partial charge in [-0.15, -0.1) is 0 Å². The van der Waals surface area contributed by atoms with Crippen molar-refractivity contribution in [3.8, 4) is 5.75 Å². The normalized spacial score (nSPS) is 16.0. The topological polar surface area (TPSA) is 75.6 Å². The molecule has 1 saturated carbocycles.